The fourth-order valence-electron chi connectivity index (χ4n) is 2.25. The van der Waals surface area contributed by atoms with E-state index in [-0.39, 0.29) is 0 Å². The fraction of sp³-hybridized carbons (Fsp3) is 0.900. The lowest BCUT2D eigenvalue weighted by molar-refractivity contribution is -0.118. The second kappa shape index (κ2) is 2.96. The van der Waals surface area contributed by atoms with Crippen molar-refractivity contribution in [1.29, 1.82) is 0 Å². The van der Waals surface area contributed by atoms with Crippen LogP contribution in [0.1, 0.15) is 46.5 Å². The minimum atomic E-state index is 0.339. The van der Waals surface area contributed by atoms with Gasteiger partial charge in [-0.1, -0.05) is 20.8 Å². The summed E-state index contributed by atoms with van der Waals surface area (Å²) in [6.07, 6.45) is 3.97. The quantitative estimate of drug-likeness (QED) is 0.597. The van der Waals surface area contributed by atoms with Gasteiger partial charge in [0.25, 0.3) is 0 Å². The van der Waals surface area contributed by atoms with E-state index in [1.165, 1.54) is 6.42 Å². The van der Waals surface area contributed by atoms with E-state index in [2.05, 4.69) is 20.8 Å². The molecule has 0 aromatic heterocycles. The molecule has 0 aromatic rings. The van der Waals surface area contributed by atoms with Gasteiger partial charge in [-0.3, -0.25) is 4.79 Å². The summed E-state index contributed by atoms with van der Waals surface area (Å²) in [6, 6.07) is 0. The molecule has 0 radical (unpaired) electrons. The minimum absolute atomic E-state index is 0.339. The summed E-state index contributed by atoms with van der Waals surface area (Å²) >= 11 is 0. The third kappa shape index (κ3) is 2.32. The molecule has 0 N–H and O–H groups in total. The van der Waals surface area contributed by atoms with Gasteiger partial charge in [0.2, 0.25) is 0 Å². The third-order valence-electron chi connectivity index (χ3n) is 2.53. The smallest absolute Gasteiger partial charge is 0.133 e. The number of rotatable bonds is 2. The molecule has 0 aliphatic heterocycles. The van der Waals surface area contributed by atoms with E-state index in [1.807, 2.05) is 0 Å². The van der Waals surface area contributed by atoms with E-state index in [0.29, 0.717) is 11.2 Å². The molecule has 64 valence electrons. The molecule has 0 amide bonds. The maximum Gasteiger partial charge on any atom is 0.133 e. The molecule has 1 heteroatoms. The van der Waals surface area contributed by atoms with Gasteiger partial charge < -0.3 is 0 Å². The van der Waals surface area contributed by atoms with Crippen molar-refractivity contribution in [2.75, 3.05) is 0 Å². The van der Waals surface area contributed by atoms with Crippen molar-refractivity contribution in [3.8, 4) is 0 Å². The number of ketones is 1. The normalized spacial score (nSPS) is 31.8. The van der Waals surface area contributed by atoms with Crippen LogP contribution >= 0.6 is 0 Å². The number of carbonyl (C=O) groups is 1. The largest absolute Gasteiger partial charge is 0.300 e. The zero-order valence-electron chi connectivity index (χ0n) is 7.81. The summed E-state index contributed by atoms with van der Waals surface area (Å²) in [5.74, 6) is 1.19. The Morgan fingerprint density at radius 1 is 1.55 bits per heavy atom. The molecule has 1 saturated carbocycles. The molecule has 11 heavy (non-hydrogen) atoms. The summed E-state index contributed by atoms with van der Waals surface area (Å²) in [5.41, 5.74) is 0.339. The van der Waals surface area contributed by atoms with Crippen molar-refractivity contribution in [2.45, 2.75) is 46.5 Å². The highest BCUT2D eigenvalue weighted by atomic mass is 16.1. The van der Waals surface area contributed by atoms with Crippen molar-refractivity contribution in [3.05, 3.63) is 0 Å². The SMILES string of the molecule is CC(C)CC1(C)CCC(=O)C1. The number of Topliss-reactive ketones (excluding diaryl/α,β-unsaturated/α-hetero) is 1. The van der Waals surface area contributed by atoms with E-state index in [4.69, 9.17) is 0 Å². The van der Waals surface area contributed by atoms with Crippen molar-refractivity contribution in [3.63, 3.8) is 0 Å². The average molecular weight is 154 g/mol. The highest BCUT2D eigenvalue weighted by Gasteiger charge is 2.33. The van der Waals surface area contributed by atoms with Gasteiger partial charge in [0.05, 0.1) is 0 Å². The predicted octanol–water partition coefficient (Wildman–Crippen LogP) is 2.79. The van der Waals surface area contributed by atoms with Crippen LogP contribution in [0.15, 0.2) is 0 Å². The standard InChI is InChI=1S/C10H18O/c1-8(2)6-10(3)5-4-9(11)7-10/h8H,4-7H2,1-3H3. The van der Waals surface area contributed by atoms with Crippen LogP contribution in [0.25, 0.3) is 0 Å². The Morgan fingerprint density at radius 2 is 2.18 bits per heavy atom. The van der Waals surface area contributed by atoms with Crippen molar-refractivity contribution in [1.82, 2.24) is 0 Å². The number of hydrogen-bond donors (Lipinski definition) is 0. The lowest BCUT2D eigenvalue weighted by Crippen LogP contribution is -2.14. The molecular weight excluding hydrogens is 136 g/mol. The molecule has 1 aliphatic rings. The Labute approximate surface area is 69.2 Å². The molecule has 0 spiro atoms. The topological polar surface area (TPSA) is 17.1 Å². The van der Waals surface area contributed by atoms with Gasteiger partial charge in [-0.05, 0) is 24.2 Å². The summed E-state index contributed by atoms with van der Waals surface area (Å²) in [6.45, 7) is 6.71. The summed E-state index contributed by atoms with van der Waals surface area (Å²) < 4.78 is 0. The van der Waals surface area contributed by atoms with Crippen molar-refractivity contribution < 1.29 is 4.79 Å². The molecule has 0 saturated heterocycles. The van der Waals surface area contributed by atoms with Gasteiger partial charge >= 0.3 is 0 Å². The summed E-state index contributed by atoms with van der Waals surface area (Å²) in [5, 5.41) is 0. The first-order valence-electron chi connectivity index (χ1n) is 4.53. The van der Waals surface area contributed by atoms with Gasteiger partial charge in [-0.15, -0.1) is 0 Å². The lowest BCUT2D eigenvalue weighted by atomic mass is 9.81. The third-order valence-corrected chi connectivity index (χ3v) is 2.53. The monoisotopic (exact) mass is 154 g/mol. The Bertz CT molecular complexity index is 160. The Balaban J connectivity index is 2.48. The molecule has 1 fully saturated rings. The lowest BCUT2D eigenvalue weighted by Gasteiger charge is -2.24. The maximum absolute atomic E-state index is 11.0. The number of hydrogen-bond acceptors (Lipinski definition) is 1. The van der Waals surface area contributed by atoms with Crippen LogP contribution in [-0.4, -0.2) is 5.78 Å². The molecular formula is C10H18O. The van der Waals surface area contributed by atoms with Crippen LogP contribution in [0.5, 0.6) is 0 Å². The van der Waals surface area contributed by atoms with Crippen LogP contribution in [0.4, 0.5) is 0 Å². The molecule has 0 bridgehead atoms. The van der Waals surface area contributed by atoms with Crippen LogP contribution in [0, 0.1) is 11.3 Å². The predicted molar refractivity (Wildman–Crippen MR) is 46.4 cm³/mol. The van der Waals surface area contributed by atoms with Gasteiger partial charge in [-0.25, -0.2) is 0 Å². The van der Waals surface area contributed by atoms with Gasteiger partial charge in [-0.2, -0.15) is 0 Å². The zero-order chi connectivity index (χ0) is 8.48. The van der Waals surface area contributed by atoms with E-state index in [9.17, 15) is 4.79 Å². The summed E-state index contributed by atoms with van der Waals surface area (Å²) in [4.78, 5) is 11.0. The first kappa shape index (κ1) is 8.76. The van der Waals surface area contributed by atoms with E-state index < -0.39 is 0 Å². The Morgan fingerprint density at radius 3 is 2.55 bits per heavy atom. The molecule has 1 nitrogen and oxygen atoms in total. The van der Waals surface area contributed by atoms with Crippen molar-refractivity contribution >= 4 is 5.78 Å². The van der Waals surface area contributed by atoms with Crippen LogP contribution in [0.3, 0.4) is 0 Å². The second-order valence-corrected chi connectivity index (χ2v) is 4.62. The molecule has 0 aromatic carbocycles. The average Bonchev–Trinajstić information content (AvgIpc) is 2.08. The first-order chi connectivity index (χ1) is 5.02. The highest BCUT2D eigenvalue weighted by Crippen LogP contribution is 2.40. The van der Waals surface area contributed by atoms with Gasteiger partial charge in [0, 0.05) is 12.8 Å². The molecule has 1 aliphatic carbocycles. The summed E-state index contributed by atoms with van der Waals surface area (Å²) in [7, 11) is 0. The number of carbonyl (C=O) groups excluding carboxylic acids is 1. The molecule has 1 rings (SSSR count). The highest BCUT2D eigenvalue weighted by molar-refractivity contribution is 5.81. The Hall–Kier alpha value is -0.330. The van der Waals surface area contributed by atoms with Crippen molar-refractivity contribution in [2.24, 2.45) is 11.3 Å². The first-order valence-corrected chi connectivity index (χ1v) is 4.53. The fourth-order valence-corrected chi connectivity index (χ4v) is 2.25. The molecule has 0 heterocycles. The van der Waals surface area contributed by atoms with Crippen LogP contribution in [-0.2, 0) is 4.79 Å². The maximum atomic E-state index is 11.0. The van der Waals surface area contributed by atoms with Gasteiger partial charge in [0.15, 0.2) is 0 Å². The Kier molecular flexibility index (Phi) is 2.36. The van der Waals surface area contributed by atoms with Crippen LogP contribution < -0.4 is 0 Å². The van der Waals surface area contributed by atoms with Gasteiger partial charge in [0.1, 0.15) is 5.78 Å². The second-order valence-electron chi connectivity index (χ2n) is 4.62. The van der Waals surface area contributed by atoms with E-state index >= 15 is 0 Å². The zero-order valence-corrected chi connectivity index (χ0v) is 7.81. The minimum Gasteiger partial charge on any atom is -0.300 e. The van der Waals surface area contributed by atoms with E-state index in [0.717, 1.165) is 25.2 Å². The van der Waals surface area contributed by atoms with E-state index in [1.54, 1.807) is 0 Å². The molecule has 1 unspecified atom stereocenters. The van der Waals surface area contributed by atoms with Crippen LogP contribution in [0.2, 0.25) is 0 Å². The molecule has 1 atom stereocenters.